The molecule has 20 heavy (non-hydrogen) atoms. The van der Waals surface area contributed by atoms with Crippen molar-refractivity contribution in [3.05, 3.63) is 18.0 Å². The SMILES string of the molecule is CC(C)N(Cc1cnn(C)c1)C(=O)C1CC(=O)N(C)C1. The summed E-state index contributed by atoms with van der Waals surface area (Å²) in [5.41, 5.74) is 1.01. The number of carbonyl (C=O) groups is 2. The molecule has 1 atom stereocenters. The minimum absolute atomic E-state index is 0.0495. The fourth-order valence-corrected chi connectivity index (χ4v) is 2.53. The first kappa shape index (κ1) is 14.6. The summed E-state index contributed by atoms with van der Waals surface area (Å²) in [6, 6.07) is 0.101. The van der Waals surface area contributed by atoms with Gasteiger partial charge in [-0.3, -0.25) is 14.3 Å². The molecule has 2 rings (SSSR count). The van der Waals surface area contributed by atoms with Gasteiger partial charge >= 0.3 is 0 Å². The van der Waals surface area contributed by atoms with Gasteiger partial charge in [-0.15, -0.1) is 0 Å². The van der Waals surface area contributed by atoms with Crippen LogP contribution in [0.15, 0.2) is 12.4 Å². The molecule has 6 nitrogen and oxygen atoms in total. The Morgan fingerprint density at radius 2 is 2.20 bits per heavy atom. The number of nitrogens with zero attached hydrogens (tertiary/aromatic N) is 4. The van der Waals surface area contributed by atoms with Crippen LogP contribution in [-0.2, 0) is 23.2 Å². The number of aromatic nitrogens is 2. The van der Waals surface area contributed by atoms with Gasteiger partial charge in [0.1, 0.15) is 0 Å². The molecule has 1 aliphatic heterocycles. The molecule has 1 unspecified atom stereocenters. The van der Waals surface area contributed by atoms with E-state index in [1.807, 2.05) is 32.0 Å². The first-order chi connectivity index (χ1) is 9.38. The van der Waals surface area contributed by atoms with E-state index in [1.165, 1.54) is 0 Å². The van der Waals surface area contributed by atoms with E-state index in [4.69, 9.17) is 0 Å². The molecule has 1 aromatic rings. The maximum Gasteiger partial charge on any atom is 0.228 e. The summed E-state index contributed by atoms with van der Waals surface area (Å²) < 4.78 is 1.73. The molecule has 0 spiro atoms. The number of hydrogen-bond acceptors (Lipinski definition) is 3. The topological polar surface area (TPSA) is 58.4 Å². The van der Waals surface area contributed by atoms with Gasteiger partial charge in [-0.25, -0.2) is 0 Å². The lowest BCUT2D eigenvalue weighted by molar-refractivity contribution is -0.138. The number of aryl methyl sites for hydroxylation is 1. The fraction of sp³-hybridized carbons (Fsp3) is 0.643. The Labute approximate surface area is 119 Å². The highest BCUT2D eigenvalue weighted by atomic mass is 16.2. The lowest BCUT2D eigenvalue weighted by Gasteiger charge is -2.28. The lowest BCUT2D eigenvalue weighted by atomic mass is 10.1. The van der Waals surface area contributed by atoms with E-state index in [0.29, 0.717) is 19.5 Å². The molecule has 0 radical (unpaired) electrons. The first-order valence-electron chi connectivity index (χ1n) is 6.90. The molecule has 1 fully saturated rings. The second-order valence-corrected chi connectivity index (χ2v) is 5.76. The Kier molecular flexibility index (Phi) is 4.11. The molecule has 1 aromatic heterocycles. The maximum absolute atomic E-state index is 12.6. The number of carbonyl (C=O) groups excluding carboxylic acids is 2. The zero-order chi connectivity index (χ0) is 14.9. The summed E-state index contributed by atoms with van der Waals surface area (Å²) in [5.74, 6) is -0.110. The van der Waals surface area contributed by atoms with Crippen LogP contribution in [0.1, 0.15) is 25.8 Å². The molecule has 1 saturated heterocycles. The molecule has 0 N–H and O–H groups in total. The van der Waals surface area contributed by atoms with Crippen molar-refractivity contribution in [2.45, 2.75) is 32.9 Å². The third kappa shape index (κ3) is 3.00. The van der Waals surface area contributed by atoms with Gasteiger partial charge in [-0.05, 0) is 13.8 Å². The zero-order valence-electron chi connectivity index (χ0n) is 12.5. The van der Waals surface area contributed by atoms with Crippen LogP contribution in [0, 0.1) is 5.92 Å². The van der Waals surface area contributed by atoms with Crippen LogP contribution in [0.4, 0.5) is 0 Å². The smallest absolute Gasteiger partial charge is 0.228 e. The van der Waals surface area contributed by atoms with E-state index in [2.05, 4.69) is 5.10 Å². The van der Waals surface area contributed by atoms with E-state index < -0.39 is 0 Å². The van der Waals surface area contributed by atoms with Crippen LogP contribution >= 0.6 is 0 Å². The van der Waals surface area contributed by atoms with Crippen LogP contribution in [0.5, 0.6) is 0 Å². The molecule has 0 bridgehead atoms. The molecular formula is C14H22N4O2. The van der Waals surface area contributed by atoms with Crippen molar-refractivity contribution in [3.8, 4) is 0 Å². The summed E-state index contributed by atoms with van der Waals surface area (Å²) >= 11 is 0. The first-order valence-corrected chi connectivity index (χ1v) is 6.90. The minimum atomic E-state index is -0.216. The van der Waals surface area contributed by atoms with Crippen molar-refractivity contribution >= 4 is 11.8 Å². The van der Waals surface area contributed by atoms with Crippen molar-refractivity contribution in [2.75, 3.05) is 13.6 Å². The normalized spacial score (nSPS) is 18.9. The van der Waals surface area contributed by atoms with Gasteiger partial charge in [0.05, 0.1) is 12.1 Å². The zero-order valence-corrected chi connectivity index (χ0v) is 12.5. The van der Waals surface area contributed by atoms with E-state index >= 15 is 0 Å². The number of likely N-dealkylation sites (tertiary alicyclic amines) is 1. The Bertz CT molecular complexity index is 509. The average Bonchev–Trinajstić information content (AvgIpc) is 2.92. The van der Waals surface area contributed by atoms with Gasteiger partial charge in [-0.2, -0.15) is 5.10 Å². The van der Waals surface area contributed by atoms with E-state index in [-0.39, 0.29) is 23.8 Å². The fourth-order valence-electron chi connectivity index (χ4n) is 2.53. The molecular weight excluding hydrogens is 256 g/mol. The third-order valence-corrected chi connectivity index (χ3v) is 3.71. The van der Waals surface area contributed by atoms with Gasteiger partial charge in [0.2, 0.25) is 11.8 Å². The molecule has 1 aliphatic rings. The average molecular weight is 278 g/mol. The Balaban J connectivity index is 2.08. The van der Waals surface area contributed by atoms with Crippen LogP contribution in [0.2, 0.25) is 0 Å². The number of hydrogen-bond donors (Lipinski definition) is 0. The van der Waals surface area contributed by atoms with Gasteiger partial charge < -0.3 is 9.80 Å². The maximum atomic E-state index is 12.6. The summed E-state index contributed by atoms with van der Waals surface area (Å²) in [5, 5.41) is 4.13. The number of amides is 2. The standard InChI is InChI=1S/C14H22N4O2/c1-10(2)18(8-11-6-15-17(4)7-11)14(20)12-5-13(19)16(3)9-12/h6-7,10,12H,5,8-9H2,1-4H3. The predicted octanol–water partition coefficient (Wildman–Crippen LogP) is 0.635. The Morgan fingerprint density at radius 3 is 2.65 bits per heavy atom. The quantitative estimate of drug-likeness (QED) is 0.812. The van der Waals surface area contributed by atoms with Gasteiger partial charge in [-0.1, -0.05) is 0 Å². The van der Waals surface area contributed by atoms with Crippen LogP contribution in [0.3, 0.4) is 0 Å². The van der Waals surface area contributed by atoms with Crippen molar-refractivity contribution in [3.63, 3.8) is 0 Å². The summed E-state index contributed by atoms with van der Waals surface area (Å²) in [4.78, 5) is 27.7. The lowest BCUT2D eigenvalue weighted by Crippen LogP contribution is -2.41. The van der Waals surface area contributed by atoms with Crippen molar-refractivity contribution in [2.24, 2.45) is 13.0 Å². The second kappa shape index (κ2) is 5.64. The van der Waals surface area contributed by atoms with E-state index in [0.717, 1.165) is 5.56 Å². The van der Waals surface area contributed by atoms with Gasteiger partial charge in [0.25, 0.3) is 0 Å². The van der Waals surface area contributed by atoms with Crippen LogP contribution in [-0.4, -0.2) is 51.0 Å². The summed E-state index contributed by atoms with van der Waals surface area (Å²) in [6.07, 6.45) is 4.01. The monoisotopic (exact) mass is 278 g/mol. The van der Waals surface area contributed by atoms with Crippen molar-refractivity contribution < 1.29 is 9.59 Å². The van der Waals surface area contributed by atoms with Crippen LogP contribution in [0.25, 0.3) is 0 Å². The second-order valence-electron chi connectivity index (χ2n) is 5.76. The molecule has 0 saturated carbocycles. The highest BCUT2D eigenvalue weighted by molar-refractivity contribution is 5.89. The molecule has 2 amide bonds. The largest absolute Gasteiger partial charge is 0.345 e. The van der Waals surface area contributed by atoms with E-state index in [1.54, 1.807) is 22.8 Å². The molecule has 0 aliphatic carbocycles. The highest BCUT2D eigenvalue weighted by Crippen LogP contribution is 2.21. The predicted molar refractivity (Wildman–Crippen MR) is 74.6 cm³/mol. The van der Waals surface area contributed by atoms with Gasteiger partial charge in [0.15, 0.2) is 0 Å². The Morgan fingerprint density at radius 1 is 1.50 bits per heavy atom. The van der Waals surface area contributed by atoms with Gasteiger partial charge in [0, 0.05) is 51.4 Å². The Hall–Kier alpha value is -1.85. The van der Waals surface area contributed by atoms with Crippen molar-refractivity contribution in [1.29, 1.82) is 0 Å². The van der Waals surface area contributed by atoms with Crippen molar-refractivity contribution in [1.82, 2.24) is 19.6 Å². The van der Waals surface area contributed by atoms with Crippen LogP contribution < -0.4 is 0 Å². The highest BCUT2D eigenvalue weighted by Gasteiger charge is 2.35. The summed E-state index contributed by atoms with van der Waals surface area (Å²) in [6.45, 7) is 5.05. The van der Waals surface area contributed by atoms with E-state index in [9.17, 15) is 9.59 Å². The minimum Gasteiger partial charge on any atom is -0.345 e. The summed E-state index contributed by atoms with van der Waals surface area (Å²) in [7, 11) is 3.60. The molecule has 6 heteroatoms. The molecule has 2 heterocycles. The number of rotatable bonds is 4. The molecule has 0 aromatic carbocycles. The molecule has 110 valence electrons. The third-order valence-electron chi connectivity index (χ3n) is 3.71.